The van der Waals surface area contributed by atoms with Crippen LogP contribution in [0.2, 0.25) is 0 Å². The van der Waals surface area contributed by atoms with Crippen LogP contribution in [0.5, 0.6) is 5.75 Å². The third-order valence-corrected chi connectivity index (χ3v) is 5.18. The third-order valence-electron chi connectivity index (χ3n) is 5.18. The van der Waals surface area contributed by atoms with E-state index < -0.39 is 7.81 Å². The number of piperazine rings is 1. The fourth-order valence-corrected chi connectivity index (χ4v) is 3.65. The van der Waals surface area contributed by atoms with E-state index in [1.807, 2.05) is 0 Å². The minimum Gasteiger partial charge on any atom is -0.492 e. The van der Waals surface area contributed by atoms with Crippen molar-refractivity contribution in [3.63, 3.8) is 0 Å². The van der Waals surface area contributed by atoms with Gasteiger partial charge in [-0.1, -0.05) is 6.07 Å². The average molecular weight is 462 g/mol. The number of nitrogens with one attached hydrogen (secondary N) is 1. The van der Waals surface area contributed by atoms with Gasteiger partial charge in [-0.05, 0) is 42.5 Å². The van der Waals surface area contributed by atoms with Gasteiger partial charge in [0.05, 0.1) is 19.7 Å². The number of nitrogens with zero attached hydrogens (tertiary/aromatic N) is 1. The quantitative estimate of drug-likeness (QED) is 0.415. The molecule has 2 aliphatic heterocycles. The molecule has 12 heteroatoms. The molecule has 2 saturated heterocycles. The van der Waals surface area contributed by atoms with E-state index in [-0.39, 0.29) is 12.0 Å². The molecule has 5 nitrogen and oxygen atoms in total. The summed E-state index contributed by atoms with van der Waals surface area (Å²) in [6.07, 6.45) is 3.57. The molecule has 1 N–H and O–H groups in total. The third kappa shape index (κ3) is 8.75. The summed E-state index contributed by atoms with van der Waals surface area (Å²) in [5.41, 5.74) is 2.95. The molecular weight excluding hydrogens is 437 g/mol. The van der Waals surface area contributed by atoms with Gasteiger partial charge in [-0.2, -0.15) is 0 Å². The van der Waals surface area contributed by atoms with E-state index in [1.165, 1.54) is 30.4 Å². The first kappa shape index (κ1) is 23.2. The zero-order valence-corrected chi connectivity index (χ0v) is 17.2. The number of fused-ring (bicyclic) bond motifs is 1. The van der Waals surface area contributed by atoms with Crippen molar-refractivity contribution in [1.29, 1.82) is 0 Å². The molecule has 30 heavy (non-hydrogen) atoms. The number of aryl methyl sites for hydroxylation is 2. The summed E-state index contributed by atoms with van der Waals surface area (Å²) in [6, 6.07) is 6.52. The van der Waals surface area contributed by atoms with Crippen LogP contribution in [0.25, 0.3) is 0 Å². The fourth-order valence-electron chi connectivity index (χ4n) is 3.65. The number of epoxide rings is 1. The van der Waals surface area contributed by atoms with Gasteiger partial charge in [0.15, 0.2) is 6.10 Å². The Morgan fingerprint density at radius 3 is 2.30 bits per heavy atom. The van der Waals surface area contributed by atoms with Crippen LogP contribution in [-0.2, 0) is 22.4 Å². The largest absolute Gasteiger partial charge is 0.492 e. The van der Waals surface area contributed by atoms with E-state index in [2.05, 4.69) is 23.1 Å². The van der Waals surface area contributed by atoms with Crippen molar-refractivity contribution in [2.24, 2.45) is 0 Å². The van der Waals surface area contributed by atoms with Crippen molar-refractivity contribution in [2.45, 2.75) is 25.4 Å². The molecule has 1 aromatic rings. The number of carbonyl (C=O) groups is 1. The van der Waals surface area contributed by atoms with Gasteiger partial charge in [0.2, 0.25) is 0 Å². The molecule has 0 spiro atoms. The van der Waals surface area contributed by atoms with Crippen LogP contribution in [0, 0.1) is 0 Å². The maximum Gasteiger partial charge on any atom is 0.343 e. The molecule has 1 aliphatic carbocycles. The predicted octanol–water partition coefficient (Wildman–Crippen LogP) is 3.06. The second-order valence-corrected chi connectivity index (χ2v) is 9.64. The number of ether oxygens (including phenoxy) is 2. The van der Waals surface area contributed by atoms with Gasteiger partial charge in [0.25, 0.3) is 0 Å². The Kier molecular flexibility index (Phi) is 6.14. The summed E-state index contributed by atoms with van der Waals surface area (Å²) in [6.45, 7) is 5.96. The molecule has 0 aromatic heterocycles. The first-order valence-electron chi connectivity index (χ1n) is 9.78. The second kappa shape index (κ2) is 7.93. The fraction of sp³-hybridized carbons (Fsp3) is 0.611. The summed E-state index contributed by atoms with van der Waals surface area (Å²) in [5.74, 6) is 1.25. The van der Waals surface area contributed by atoms with Crippen molar-refractivity contribution in [3.8, 4) is 5.75 Å². The van der Waals surface area contributed by atoms with Crippen LogP contribution in [0.4, 0.5) is 25.2 Å². The molecule has 1 amide bonds. The molecule has 1 unspecified atom stereocenters. The Bertz CT molecular complexity index is 767. The molecule has 0 radical (unpaired) electrons. The molecule has 172 valence electrons. The average Bonchev–Trinajstić information content (AvgIpc) is 3.37. The van der Waals surface area contributed by atoms with Crippen molar-refractivity contribution >= 4 is 13.7 Å². The van der Waals surface area contributed by atoms with Crippen LogP contribution in [-0.4, -0.2) is 62.8 Å². The van der Waals surface area contributed by atoms with Crippen molar-refractivity contribution in [1.82, 2.24) is 4.90 Å². The normalized spacial score (nSPS) is 24.1. The summed E-state index contributed by atoms with van der Waals surface area (Å²) < 4.78 is 70.2. The van der Waals surface area contributed by atoms with E-state index >= 15 is 0 Å². The molecule has 4 rings (SSSR count). The number of quaternary nitrogens is 1. The minimum absolute atomic E-state index is 0.111. The molecule has 0 saturated carbocycles. The Morgan fingerprint density at radius 1 is 1.10 bits per heavy atom. The number of rotatable bonds is 5. The van der Waals surface area contributed by atoms with Crippen molar-refractivity contribution in [3.05, 3.63) is 29.3 Å². The number of hydrogen-bond donors (Lipinski definition) is 1. The number of benzene rings is 1. The summed E-state index contributed by atoms with van der Waals surface area (Å²) in [5, 5.41) is 0. The summed E-state index contributed by atoms with van der Waals surface area (Å²) >= 11 is 0. The maximum absolute atomic E-state index is 12.0. The zero-order valence-electron chi connectivity index (χ0n) is 16.3. The SMILES string of the molecule is F[P-](F)(F)(F)(F)F.O=C(C1CO1)[NH+]1CCN(CCOc2ccc3c(c2)CCC3)CC1. The molecule has 3 aliphatic rings. The van der Waals surface area contributed by atoms with E-state index in [1.54, 1.807) is 0 Å². The smallest absolute Gasteiger partial charge is 0.343 e. The second-order valence-electron chi connectivity index (χ2n) is 7.72. The molecule has 2 heterocycles. The van der Waals surface area contributed by atoms with Crippen LogP contribution in [0.3, 0.4) is 0 Å². The Morgan fingerprint density at radius 2 is 1.70 bits per heavy atom. The number of hydrogen-bond acceptors (Lipinski definition) is 4. The van der Waals surface area contributed by atoms with E-state index in [9.17, 15) is 30.0 Å². The molecule has 1 aromatic carbocycles. The standard InChI is InChI=1S/C18H24N2O3.F6P/c21-18(17-13-23-17)20-8-6-19(7-9-20)10-11-22-16-5-4-14-2-1-3-15(14)12-16;1-7(2,3,4,5)6/h4-5,12,17H,1-3,6-11,13H2;/q;-1/p+1. The van der Waals surface area contributed by atoms with Crippen LogP contribution >= 0.6 is 7.81 Å². The molecule has 2 fully saturated rings. The Hall–Kier alpha value is -1.42. The minimum atomic E-state index is -10.7. The van der Waals surface area contributed by atoms with Gasteiger partial charge in [0.1, 0.15) is 12.4 Å². The van der Waals surface area contributed by atoms with Gasteiger partial charge in [-0.3, -0.25) is 9.80 Å². The number of carbonyl (C=O) groups excluding carboxylic acids is 1. The summed E-state index contributed by atoms with van der Waals surface area (Å²) in [4.78, 5) is 15.4. The topological polar surface area (TPSA) is 46.5 Å². The van der Waals surface area contributed by atoms with Gasteiger partial charge < -0.3 is 9.47 Å². The van der Waals surface area contributed by atoms with Gasteiger partial charge in [-0.15, -0.1) is 0 Å². The number of halogens is 6. The van der Waals surface area contributed by atoms with Crippen LogP contribution in [0.15, 0.2) is 18.2 Å². The molecular formula is C18H25F6N2O3P. The van der Waals surface area contributed by atoms with Gasteiger partial charge in [0, 0.05) is 19.6 Å². The van der Waals surface area contributed by atoms with Crippen molar-refractivity contribution in [2.75, 3.05) is 45.9 Å². The zero-order chi connectivity index (χ0) is 22.1. The Balaban J connectivity index is 0.000000318. The summed E-state index contributed by atoms with van der Waals surface area (Å²) in [7, 11) is -10.7. The van der Waals surface area contributed by atoms with Crippen molar-refractivity contribution < 1.29 is 44.3 Å². The van der Waals surface area contributed by atoms with Gasteiger partial charge in [-0.25, -0.2) is 4.79 Å². The molecule has 1 atom stereocenters. The maximum atomic E-state index is 12.0. The van der Waals surface area contributed by atoms with Crippen LogP contribution in [0.1, 0.15) is 17.5 Å². The Labute approximate surface area is 170 Å². The predicted molar refractivity (Wildman–Crippen MR) is 99.4 cm³/mol. The first-order chi connectivity index (χ1) is 13.7. The van der Waals surface area contributed by atoms with Gasteiger partial charge >= 0.3 is 38.9 Å². The van der Waals surface area contributed by atoms with E-state index in [4.69, 9.17) is 9.47 Å². The van der Waals surface area contributed by atoms with Crippen LogP contribution < -0.4 is 9.64 Å². The van der Waals surface area contributed by atoms with E-state index in [0.717, 1.165) is 43.4 Å². The van der Waals surface area contributed by atoms with E-state index in [0.29, 0.717) is 13.2 Å². The monoisotopic (exact) mass is 462 g/mol. The number of amides is 1. The first-order valence-corrected chi connectivity index (χ1v) is 11.8. The molecule has 0 bridgehead atoms.